The van der Waals surface area contributed by atoms with Gasteiger partial charge in [-0.15, -0.1) is 0 Å². The number of rotatable bonds is 3. The molecule has 0 saturated carbocycles. The molecule has 0 N–H and O–H groups in total. The molecule has 0 unspecified atom stereocenters. The quantitative estimate of drug-likeness (QED) is 0.153. The molecule has 4 aliphatic heterocycles. The zero-order valence-corrected chi connectivity index (χ0v) is 31.5. The maximum Gasteiger partial charge on any atom is 0.252 e. The Balaban J connectivity index is 1.33. The van der Waals surface area contributed by atoms with Crippen molar-refractivity contribution in [3.05, 3.63) is 103 Å². The van der Waals surface area contributed by atoms with E-state index in [1.807, 2.05) is 0 Å². The second kappa shape index (κ2) is 9.85. The maximum absolute atomic E-state index is 6.71. The molecule has 8 aromatic carbocycles. The summed E-state index contributed by atoms with van der Waals surface area (Å²) in [6.07, 6.45) is 0. The average molecular weight is 700 g/mol. The van der Waals surface area contributed by atoms with Gasteiger partial charge in [-0.1, -0.05) is 96.4 Å². The van der Waals surface area contributed by atoms with Crippen molar-refractivity contribution in [2.75, 3.05) is 14.2 Å². The van der Waals surface area contributed by atoms with Crippen LogP contribution in [0, 0.1) is 6.92 Å². The molecule has 4 heterocycles. The van der Waals surface area contributed by atoms with E-state index < -0.39 is 8.07 Å². The molecular formula is C46H34B2O4Si. The van der Waals surface area contributed by atoms with E-state index >= 15 is 0 Å². The van der Waals surface area contributed by atoms with Crippen LogP contribution in [0.2, 0.25) is 19.6 Å². The lowest BCUT2D eigenvalue weighted by atomic mass is 9.32. The van der Waals surface area contributed by atoms with Gasteiger partial charge < -0.3 is 18.9 Å². The van der Waals surface area contributed by atoms with Gasteiger partial charge in [0.25, 0.3) is 13.4 Å². The molecule has 0 aromatic heterocycles. The highest BCUT2D eigenvalue weighted by molar-refractivity contribution is 7.02. The summed E-state index contributed by atoms with van der Waals surface area (Å²) in [6.45, 7) is 9.84. The van der Waals surface area contributed by atoms with Crippen molar-refractivity contribution in [1.29, 1.82) is 0 Å². The van der Waals surface area contributed by atoms with Crippen LogP contribution in [0.5, 0.6) is 34.5 Å². The van der Waals surface area contributed by atoms with E-state index in [1.165, 1.54) is 98.1 Å². The molecule has 7 heteroatoms. The minimum Gasteiger partial charge on any atom is -0.497 e. The SMILES string of the molecule is COc1cc2c3c(c1)-c1cc(C)c4cc5c6c(cc([Si](C)(C)C)c7cc(c1c4c76)B3c1ccccc1O2)-c1cc(OC)cc2c1B5c1ccccc1O2. The standard InChI is InChI=1S/C46H34B2O4Si/c1-23-15-27-29-16-24(49-2)18-38-45(29)48(33-12-8-10-14-37(33)51-38)35-21-31-40(53(4,5)6)22-28-30-17-25(50-3)19-39-46(30)47(32-11-7-9-13-36(32)52-39)34-20-26(23)43(41(27)35)44(31)42(28)34/h7-22H,1-6H3. The number of methoxy groups -OCH3 is 2. The van der Waals surface area contributed by atoms with Crippen molar-refractivity contribution >= 4 is 91.8 Å². The summed E-state index contributed by atoms with van der Waals surface area (Å²) in [5.74, 6) is 5.22. The third-order valence-electron chi connectivity index (χ3n) is 12.6. The van der Waals surface area contributed by atoms with Gasteiger partial charge in [-0.3, -0.25) is 0 Å². The average Bonchev–Trinajstić information content (AvgIpc) is 3.16. The molecule has 12 rings (SSSR count). The Bertz CT molecular complexity index is 3000. The zero-order valence-electron chi connectivity index (χ0n) is 30.5. The molecule has 4 nitrogen and oxygen atoms in total. The summed E-state index contributed by atoms with van der Waals surface area (Å²) < 4.78 is 25.3. The predicted octanol–water partition coefficient (Wildman–Crippen LogP) is 6.66. The van der Waals surface area contributed by atoms with Crippen LogP contribution in [-0.4, -0.2) is 35.7 Å². The lowest BCUT2D eigenvalue weighted by molar-refractivity contribution is 0.409. The van der Waals surface area contributed by atoms with Crippen molar-refractivity contribution in [3.8, 4) is 56.8 Å². The summed E-state index contributed by atoms with van der Waals surface area (Å²) in [5, 5.41) is 9.67. The Hall–Kier alpha value is -5.65. The van der Waals surface area contributed by atoms with Gasteiger partial charge in [0.05, 0.1) is 22.3 Å². The minimum atomic E-state index is -1.93. The molecule has 53 heavy (non-hydrogen) atoms. The summed E-state index contributed by atoms with van der Waals surface area (Å²) in [4.78, 5) is 0. The second-order valence-electron chi connectivity index (χ2n) is 16.3. The van der Waals surface area contributed by atoms with E-state index in [4.69, 9.17) is 18.9 Å². The Morgan fingerprint density at radius 3 is 1.51 bits per heavy atom. The number of ether oxygens (including phenoxy) is 4. The normalized spacial score (nSPS) is 14.1. The Kier molecular flexibility index (Phi) is 5.55. The van der Waals surface area contributed by atoms with Crippen molar-refractivity contribution in [2.24, 2.45) is 0 Å². The number of para-hydroxylation sites is 2. The first-order valence-electron chi connectivity index (χ1n) is 18.5. The summed E-state index contributed by atoms with van der Waals surface area (Å²) in [5.41, 5.74) is 13.9. The fourth-order valence-corrected chi connectivity index (χ4v) is 12.0. The molecule has 252 valence electrons. The second-order valence-corrected chi connectivity index (χ2v) is 21.3. The van der Waals surface area contributed by atoms with Crippen LogP contribution in [0.3, 0.4) is 0 Å². The van der Waals surface area contributed by atoms with Crippen molar-refractivity contribution in [1.82, 2.24) is 0 Å². The van der Waals surface area contributed by atoms with Gasteiger partial charge in [0, 0.05) is 12.1 Å². The molecule has 0 radical (unpaired) electrons. The van der Waals surface area contributed by atoms with Gasteiger partial charge in [0.2, 0.25) is 0 Å². The number of aryl methyl sites for hydroxylation is 1. The molecular weight excluding hydrogens is 666 g/mol. The topological polar surface area (TPSA) is 36.9 Å². The van der Waals surface area contributed by atoms with Crippen LogP contribution in [0.25, 0.3) is 54.6 Å². The predicted molar refractivity (Wildman–Crippen MR) is 224 cm³/mol. The van der Waals surface area contributed by atoms with Crippen LogP contribution >= 0.6 is 0 Å². The number of hydrogen-bond donors (Lipinski definition) is 0. The summed E-state index contributed by atoms with van der Waals surface area (Å²) >= 11 is 0. The van der Waals surface area contributed by atoms with Crippen LogP contribution in [-0.2, 0) is 0 Å². The van der Waals surface area contributed by atoms with Gasteiger partial charge in [-0.25, -0.2) is 0 Å². The van der Waals surface area contributed by atoms with Crippen LogP contribution in [0.15, 0.2) is 97.1 Å². The van der Waals surface area contributed by atoms with Gasteiger partial charge >= 0.3 is 0 Å². The zero-order chi connectivity index (χ0) is 35.7. The fraction of sp³-hybridized carbons (Fsp3) is 0.130. The third-order valence-corrected chi connectivity index (χ3v) is 14.6. The largest absolute Gasteiger partial charge is 0.497 e. The van der Waals surface area contributed by atoms with Crippen molar-refractivity contribution < 1.29 is 18.9 Å². The minimum absolute atomic E-state index is 0.0362. The molecule has 0 fully saturated rings. The molecule has 0 bridgehead atoms. The van der Waals surface area contributed by atoms with Gasteiger partial charge in [0.1, 0.15) is 34.5 Å². The first-order valence-corrected chi connectivity index (χ1v) is 22.0. The summed E-state index contributed by atoms with van der Waals surface area (Å²) in [7, 11) is 1.58. The molecule has 0 spiro atoms. The van der Waals surface area contributed by atoms with Gasteiger partial charge in [-0.05, 0) is 113 Å². The van der Waals surface area contributed by atoms with E-state index in [-0.39, 0.29) is 13.4 Å². The molecule has 0 saturated heterocycles. The Morgan fingerprint density at radius 1 is 0.491 bits per heavy atom. The third kappa shape index (κ3) is 3.64. The van der Waals surface area contributed by atoms with Crippen LogP contribution in [0.4, 0.5) is 0 Å². The van der Waals surface area contributed by atoms with E-state index in [0.717, 1.165) is 34.5 Å². The number of benzene rings is 8. The van der Waals surface area contributed by atoms with E-state index in [1.54, 1.807) is 14.2 Å². The first-order chi connectivity index (χ1) is 25.7. The molecule has 0 amide bonds. The monoisotopic (exact) mass is 700 g/mol. The summed E-state index contributed by atoms with van der Waals surface area (Å²) in [6, 6.07) is 35.9. The maximum atomic E-state index is 6.71. The molecule has 8 aromatic rings. The lowest BCUT2D eigenvalue weighted by Crippen LogP contribution is -2.58. The number of fused-ring (bicyclic) bond motifs is 8. The number of hydrogen-bond acceptors (Lipinski definition) is 4. The Morgan fingerprint density at radius 2 is 0.981 bits per heavy atom. The molecule has 0 aliphatic carbocycles. The highest BCUT2D eigenvalue weighted by atomic mass is 28.3. The lowest BCUT2D eigenvalue weighted by Gasteiger charge is -2.38. The van der Waals surface area contributed by atoms with Crippen LogP contribution < -0.4 is 56.9 Å². The molecule has 0 atom stereocenters. The van der Waals surface area contributed by atoms with E-state index in [0.29, 0.717) is 0 Å². The first kappa shape index (κ1) is 29.9. The van der Waals surface area contributed by atoms with Crippen molar-refractivity contribution in [3.63, 3.8) is 0 Å². The van der Waals surface area contributed by atoms with Crippen LogP contribution in [0.1, 0.15) is 5.56 Å². The van der Waals surface area contributed by atoms with Gasteiger partial charge in [0.15, 0.2) is 0 Å². The van der Waals surface area contributed by atoms with Gasteiger partial charge in [-0.2, -0.15) is 0 Å². The smallest absolute Gasteiger partial charge is 0.252 e. The van der Waals surface area contributed by atoms with Crippen molar-refractivity contribution in [2.45, 2.75) is 26.6 Å². The van der Waals surface area contributed by atoms with E-state index in [2.05, 4.69) is 124 Å². The fourth-order valence-electron chi connectivity index (χ4n) is 10.4. The highest BCUT2D eigenvalue weighted by Gasteiger charge is 2.44. The highest BCUT2D eigenvalue weighted by Crippen LogP contribution is 2.48. The van der Waals surface area contributed by atoms with E-state index in [9.17, 15) is 0 Å². The Labute approximate surface area is 309 Å². The molecule has 4 aliphatic rings.